The SMILES string of the molecule is Cc1ccc(Nc2c(C(=O)NOCC3CC3)c3n(c(=O)c2Cl)CCC3)c(F)c1. The Bertz CT molecular complexity index is 1000. The maximum absolute atomic E-state index is 14.4. The van der Waals surface area contributed by atoms with Crippen LogP contribution < -0.4 is 16.4 Å². The highest BCUT2D eigenvalue weighted by Crippen LogP contribution is 2.33. The molecule has 2 aromatic rings. The van der Waals surface area contributed by atoms with Crippen LogP contribution in [0.3, 0.4) is 0 Å². The van der Waals surface area contributed by atoms with Gasteiger partial charge in [-0.3, -0.25) is 14.4 Å². The topological polar surface area (TPSA) is 72.4 Å². The van der Waals surface area contributed by atoms with Crippen LogP contribution in [0.25, 0.3) is 0 Å². The summed E-state index contributed by atoms with van der Waals surface area (Å²) in [5.74, 6) is -0.511. The Labute approximate surface area is 166 Å². The summed E-state index contributed by atoms with van der Waals surface area (Å²) < 4.78 is 15.9. The number of nitrogens with zero attached hydrogens (tertiary/aromatic N) is 1. The van der Waals surface area contributed by atoms with E-state index in [9.17, 15) is 14.0 Å². The normalized spacial score (nSPS) is 15.4. The number of amides is 1. The molecule has 4 rings (SSSR count). The first-order valence-electron chi connectivity index (χ1n) is 9.36. The summed E-state index contributed by atoms with van der Waals surface area (Å²) in [6, 6.07) is 4.66. The van der Waals surface area contributed by atoms with Gasteiger partial charge in [-0.2, -0.15) is 0 Å². The molecule has 0 saturated heterocycles. The number of rotatable bonds is 6. The van der Waals surface area contributed by atoms with E-state index in [1.54, 1.807) is 19.1 Å². The van der Waals surface area contributed by atoms with Gasteiger partial charge in [-0.1, -0.05) is 17.7 Å². The summed E-state index contributed by atoms with van der Waals surface area (Å²) in [4.78, 5) is 30.8. The second-order valence-electron chi connectivity index (χ2n) is 7.36. The van der Waals surface area contributed by atoms with Gasteiger partial charge >= 0.3 is 0 Å². The highest BCUT2D eigenvalue weighted by molar-refractivity contribution is 6.34. The molecule has 1 amide bonds. The lowest BCUT2D eigenvalue weighted by Crippen LogP contribution is -2.31. The molecule has 0 unspecified atom stereocenters. The van der Waals surface area contributed by atoms with Crippen LogP contribution in [0.1, 0.15) is 40.9 Å². The summed E-state index contributed by atoms with van der Waals surface area (Å²) in [5, 5.41) is 2.72. The maximum atomic E-state index is 14.4. The van der Waals surface area contributed by atoms with Crippen molar-refractivity contribution in [2.24, 2.45) is 5.92 Å². The van der Waals surface area contributed by atoms with Gasteiger partial charge in [0.1, 0.15) is 10.8 Å². The van der Waals surface area contributed by atoms with E-state index < -0.39 is 11.7 Å². The number of hydrogen-bond donors (Lipinski definition) is 2. The van der Waals surface area contributed by atoms with Gasteiger partial charge in [0, 0.05) is 12.2 Å². The lowest BCUT2D eigenvalue weighted by molar-refractivity contribution is 0.0269. The minimum absolute atomic E-state index is 0.107. The fourth-order valence-corrected chi connectivity index (χ4v) is 3.66. The largest absolute Gasteiger partial charge is 0.351 e. The number of aromatic nitrogens is 1. The average Bonchev–Trinajstić information content (AvgIpc) is 3.35. The van der Waals surface area contributed by atoms with Crippen LogP contribution in [0.2, 0.25) is 5.02 Å². The van der Waals surface area contributed by atoms with Gasteiger partial charge in [0.25, 0.3) is 11.5 Å². The predicted octanol–water partition coefficient (Wildman–Crippen LogP) is 3.71. The zero-order valence-electron chi connectivity index (χ0n) is 15.5. The fourth-order valence-electron chi connectivity index (χ4n) is 3.42. The first kappa shape index (κ1) is 19.0. The minimum Gasteiger partial charge on any atom is -0.351 e. The molecule has 1 aromatic heterocycles. The molecular formula is C20H21ClFN3O3. The number of hydrogen-bond acceptors (Lipinski definition) is 4. The van der Waals surface area contributed by atoms with E-state index in [0.29, 0.717) is 31.2 Å². The number of fused-ring (bicyclic) bond motifs is 1. The minimum atomic E-state index is -0.497. The molecular weight excluding hydrogens is 385 g/mol. The summed E-state index contributed by atoms with van der Waals surface area (Å²) in [6.45, 7) is 2.72. The summed E-state index contributed by atoms with van der Waals surface area (Å²) in [6.07, 6.45) is 3.48. The Morgan fingerprint density at radius 2 is 2.18 bits per heavy atom. The summed E-state index contributed by atoms with van der Waals surface area (Å²) >= 11 is 6.32. The van der Waals surface area contributed by atoms with Gasteiger partial charge in [0.2, 0.25) is 0 Å². The Morgan fingerprint density at radius 1 is 1.39 bits per heavy atom. The molecule has 0 spiro atoms. The van der Waals surface area contributed by atoms with Crippen LogP contribution in [-0.4, -0.2) is 17.1 Å². The Kier molecular flexibility index (Phi) is 5.12. The van der Waals surface area contributed by atoms with Crippen LogP contribution in [0.5, 0.6) is 0 Å². The number of benzene rings is 1. The molecule has 28 heavy (non-hydrogen) atoms. The van der Waals surface area contributed by atoms with Crippen molar-refractivity contribution in [2.45, 2.75) is 39.2 Å². The number of carbonyl (C=O) groups excluding carboxylic acids is 1. The van der Waals surface area contributed by atoms with Crippen molar-refractivity contribution in [1.29, 1.82) is 0 Å². The van der Waals surface area contributed by atoms with E-state index in [-0.39, 0.29) is 27.5 Å². The number of hydroxylamine groups is 1. The molecule has 1 aliphatic heterocycles. The first-order chi connectivity index (χ1) is 13.5. The van der Waals surface area contributed by atoms with Crippen molar-refractivity contribution in [1.82, 2.24) is 10.0 Å². The molecule has 2 aliphatic rings. The molecule has 0 bridgehead atoms. The van der Waals surface area contributed by atoms with Crippen LogP contribution in [0, 0.1) is 18.7 Å². The van der Waals surface area contributed by atoms with Gasteiger partial charge in [0.15, 0.2) is 0 Å². The zero-order chi connectivity index (χ0) is 19.8. The second-order valence-corrected chi connectivity index (χ2v) is 7.74. The van der Waals surface area contributed by atoms with Crippen molar-refractivity contribution in [2.75, 3.05) is 11.9 Å². The van der Waals surface area contributed by atoms with Crippen LogP contribution in [-0.2, 0) is 17.8 Å². The quantitative estimate of drug-likeness (QED) is 0.718. The standard InChI is InChI=1S/C20H21ClFN3O3/c1-11-4-7-14(13(22)9-11)23-18-16(19(26)24-28-10-12-5-6-12)15-3-2-8-25(15)20(27)17(18)21/h4,7,9,12,23H,2-3,5-6,8,10H2,1H3,(H,24,26). The number of aryl methyl sites for hydroxylation is 1. The molecule has 6 nitrogen and oxygen atoms in total. The van der Waals surface area contributed by atoms with E-state index in [1.165, 1.54) is 10.6 Å². The van der Waals surface area contributed by atoms with Crippen molar-refractivity contribution < 1.29 is 14.0 Å². The average molecular weight is 406 g/mol. The van der Waals surface area contributed by atoms with Gasteiger partial charge < -0.3 is 9.88 Å². The molecule has 148 valence electrons. The van der Waals surface area contributed by atoms with E-state index >= 15 is 0 Å². The summed E-state index contributed by atoms with van der Waals surface area (Å²) in [7, 11) is 0. The van der Waals surface area contributed by atoms with Gasteiger partial charge in [-0.05, 0) is 56.2 Å². The maximum Gasteiger partial charge on any atom is 0.278 e. The first-order valence-corrected chi connectivity index (χ1v) is 9.74. The van der Waals surface area contributed by atoms with Crippen molar-refractivity contribution in [3.63, 3.8) is 0 Å². The number of pyridine rings is 1. The Balaban J connectivity index is 1.73. The molecule has 2 N–H and O–H groups in total. The number of halogens is 2. The van der Waals surface area contributed by atoms with E-state index in [1.807, 2.05) is 0 Å². The molecule has 1 aromatic carbocycles. The van der Waals surface area contributed by atoms with E-state index in [4.69, 9.17) is 16.4 Å². The molecule has 2 heterocycles. The number of anilines is 2. The van der Waals surface area contributed by atoms with E-state index in [0.717, 1.165) is 24.8 Å². The number of carbonyl (C=O) groups is 1. The monoisotopic (exact) mass is 405 g/mol. The number of nitrogens with one attached hydrogen (secondary N) is 2. The smallest absolute Gasteiger partial charge is 0.278 e. The van der Waals surface area contributed by atoms with Crippen LogP contribution in [0.15, 0.2) is 23.0 Å². The molecule has 1 aliphatic carbocycles. The highest BCUT2D eigenvalue weighted by Gasteiger charge is 2.29. The lowest BCUT2D eigenvalue weighted by Gasteiger charge is -2.18. The van der Waals surface area contributed by atoms with Gasteiger partial charge in [-0.25, -0.2) is 9.87 Å². The Morgan fingerprint density at radius 3 is 2.89 bits per heavy atom. The van der Waals surface area contributed by atoms with E-state index in [2.05, 4.69) is 10.8 Å². The second kappa shape index (κ2) is 7.56. The third-order valence-corrected chi connectivity index (χ3v) is 5.45. The van der Waals surface area contributed by atoms with Crippen molar-refractivity contribution in [3.8, 4) is 0 Å². The van der Waals surface area contributed by atoms with Crippen LogP contribution >= 0.6 is 11.6 Å². The van der Waals surface area contributed by atoms with Crippen LogP contribution in [0.4, 0.5) is 15.8 Å². The zero-order valence-corrected chi connectivity index (χ0v) is 16.2. The third-order valence-electron chi connectivity index (χ3n) is 5.10. The fraction of sp³-hybridized carbons (Fsp3) is 0.400. The van der Waals surface area contributed by atoms with Gasteiger partial charge in [-0.15, -0.1) is 0 Å². The molecule has 1 saturated carbocycles. The molecule has 1 fully saturated rings. The molecule has 0 atom stereocenters. The predicted molar refractivity (Wildman–Crippen MR) is 105 cm³/mol. The Hall–Kier alpha value is -2.38. The van der Waals surface area contributed by atoms with Gasteiger partial charge in [0.05, 0.1) is 23.5 Å². The summed E-state index contributed by atoms with van der Waals surface area (Å²) in [5.41, 5.74) is 3.87. The third kappa shape index (κ3) is 3.64. The molecule has 0 radical (unpaired) electrons. The van der Waals surface area contributed by atoms with Crippen molar-refractivity contribution in [3.05, 3.63) is 56.2 Å². The highest BCUT2D eigenvalue weighted by atomic mass is 35.5. The van der Waals surface area contributed by atoms with Crippen molar-refractivity contribution >= 4 is 28.9 Å². The molecule has 8 heteroatoms. The lowest BCUT2D eigenvalue weighted by atomic mass is 10.1.